The lowest BCUT2D eigenvalue weighted by molar-refractivity contribution is -0.519. The van der Waals surface area contributed by atoms with Crippen molar-refractivity contribution >= 4 is 34.7 Å². The molecule has 38 heavy (non-hydrogen) atoms. The van der Waals surface area contributed by atoms with E-state index < -0.39 is 7.14 Å². The quantitative estimate of drug-likeness (QED) is 0.249. The number of rotatable bonds is 7. The molecule has 1 atom stereocenters. The minimum atomic E-state index is -3.17. The molecule has 0 fully saturated rings. The fraction of sp³-hybridized carbons (Fsp3) is 0.265. The van der Waals surface area contributed by atoms with E-state index in [9.17, 15) is 0 Å². The van der Waals surface area contributed by atoms with Crippen LogP contribution in [-0.4, -0.2) is 36.5 Å². The molecule has 0 bridgehead atoms. The fourth-order valence-electron chi connectivity index (χ4n) is 5.89. The Balaban J connectivity index is 1.93. The number of fused-ring (bicyclic) bond motifs is 2. The monoisotopic (exact) mass is 521 g/mol. The van der Waals surface area contributed by atoms with E-state index >= 15 is 4.57 Å². The fourth-order valence-corrected chi connectivity index (χ4v) is 8.98. The average molecular weight is 522 g/mol. The number of allylic oxidation sites excluding steroid dienone is 5. The Morgan fingerprint density at radius 2 is 1.47 bits per heavy atom. The van der Waals surface area contributed by atoms with E-state index in [1.807, 2.05) is 30.3 Å². The largest absolute Gasteiger partial charge is 0.372 e. The highest BCUT2D eigenvalue weighted by Crippen LogP contribution is 2.61. The van der Waals surface area contributed by atoms with Gasteiger partial charge in [0.2, 0.25) is 5.71 Å². The lowest BCUT2D eigenvalue weighted by Gasteiger charge is -2.35. The van der Waals surface area contributed by atoms with Gasteiger partial charge in [0, 0.05) is 46.9 Å². The molecular weight excluding hydrogens is 483 g/mol. The van der Waals surface area contributed by atoms with E-state index in [2.05, 4.69) is 105 Å². The molecule has 0 aromatic heterocycles. The number of nitrogens with zero attached hydrogens (tertiary/aromatic N) is 2. The van der Waals surface area contributed by atoms with Gasteiger partial charge in [0.25, 0.3) is 0 Å². The van der Waals surface area contributed by atoms with E-state index in [1.54, 1.807) is 0 Å². The lowest BCUT2D eigenvalue weighted by atomic mass is 9.87. The van der Waals surface area contributed by atoms with Crippen LogP contribution in [0.3, 0.4) is 0 Å². The average Bonchev–Trinajstić information content (AvgIpc) is 2.96. The molecule has 1 unspecified atom stereocenters. The molecule has 194 valence electrons. The number of anilines is 1. The third kappa shape index (κ3) is 4.24. The molecule has 0 saturated heterocycles. The number of hydrogen-bond acceptors (Lipinski definition) is 2. The Labute approximate surface area is 227 Å². The van der Waals surface area contributed by atoms with Gasteiger partial charge >= 0.3 is 0 Å². The van der Waals surface area contributed by atoms with Crippen LogP contribution in [0.5, 0.6) is 0 Å². The van der Waals surface area contributed by atoms with Gasteiger partial charge in [-0.1, -0.05) is 60.7 Å². The van der Waals surface area contributed by atoms with Crippen LogP contribution in [0.2, 0.25) is 0 Å². The van der Waals surface area contributed by atoms with Gasteiger partial charge in [-0.2, -0.15) is 0 Å². The van der Waals surface area contributed by atoms with Crippen LogP contribution >= 0.6 is 7.14 Å². The zero-order valence-electron chi connectivity index (χ0n) is 23.2. The first kappa shape index (κ1) is 26.2. The van der Waals surface area contributed by atoms with Crippen LogP contribution < -0.4 is 15.5 Å². The van der Waals surface area contributed by atoms with E-state index in [0.717, 1.165) is 64.6 Å². The summed E-state index contributed by atoms with van der Waals surface area (Å²) in [6.07, 6.45) is 6.62. The van der Waals surface area contributed by atoms with Gasteiger partial charge in [-0.05, 0) is 80.7 Å². The van der Waals surface area contributed by atoms with Crippen molar-refractivity contribution in [1.82, 2.24) is 0 Å². The maximum absolute atomic E-state index is 15.8. The Kier molecular flexibility index (Phi) is 7.41. The van der Waals surface area contributed by atoms with Gasteiger partial charge < -0.3 is 9.46 Å². The lowest BCUT2D eigenvalue weighted by Crippen LogP contribution is -2.30. The SMILES string of the molecule is CCN(CC)c1ccc2c(c1)P(=O)(c1ccccc1)C1=CC(=[N+](CC)CC)C=CC1=C2c1ccccc1C. The van der Waals surface area contributed by atoms with E-state index in [0.29, 0.717) is 0 Å². The third-order valence-corrected chi connectivity index (χ3v) is 11.1. The van der Waals surface area contributed by atoms with E-state index in [4.69, 9.17) is 0 Å². The van der Waals surface area contributed by atoms with E-state index in [1.165, 1.54) is 16.7 Å². The van der Waals surface area contributed by atoms with Gasteiger partial charge in [0.1, 0.15) is 13.1 Å². The molecule has 5 rings (SSSR count). The van der Waals surface area contributed by atoms with Crippen molar-refractivity contribution in [2.45, 2.75) is 34.6 Å². The first-order valence-corrected chi connectivity index (χ1v) is 15.6. The highest BCUT2D eigenvalue weighted by atomic mass is 31.2. The molecule has 4 heteroatoms. The highest BCUT2D eigenvalue weighted by Gasteiger charge is 2.43. The molecule has 1 aliphatic heterocycles. The Morgan fingerprint density at radius 1 is 0.789 bits per heavy atom. The second-order valence-electron chi connectivity index (χ2n) is 9.88. The molecule has 1 heterocycles. The van der Waals surface area contributed by atoms with Crippen molar-refractivity contribution in [1.29, 1.82) is 0 Å². The topological polar surface area (TPSA) is 23.3 Å². The van der Waals surface area contributed by atoms with E-state index in [-0.39, 0.29) is 0 Å². The zero-order valence-corrected chi connectivity index (χ0v) is 24.1. The third-order valence-electron chi connectivity index (χ3n) is 7.97. The second-order valence-corrected chi connectivity index (χ2v) is 12.6. The molecule has 0 spiro atoms. The zero-order chi connectivity index (χ0) is 26.9. The van der Waals surface area contributed by atoms with Crippen molar-refractivity contribution in [2.24, 2.45) is 0 Å². The number of benzene rings is 3. The minimum Gasteiger partial charge on any atom is -0.372 e. The maximum Gasteiger partial charge on any atom is 0.200 e. The summed E-state index contributed by atoms with van der Waals surface area (Å²) in [5.74, 6) is 0. The predicted molar refractivity (Wildman–Crippen MR) is 164 cm³/mol. The van der Waals surface area contributed by atoms with Crippen LogP contribution in [0, 0.1) is 6.92 Å². The van der Waals surface area contributed by atoms with Gasteiger partial charge in [0.15, 0.2) is 7.14 Å². The second kappa shape index (κ2) is 10.8. The number of aryl methyl sites for hydroxylation is 1. The minimum absolute atomic E-state index is 0.889. The summed E-state index contributed by atoms with van der Waals surface area (Å²) >= 11 is 0. The number of hydrogen-bond donors (Lipinski definition) is 0. The van der Waals surface area contributed by atoms with Gasteiger partial charge in [0.05, 0.1) is 0 Å². The smallest absolute Gasteiger partial charge is 0.200 e. The summed E-state index contributed by atoms with van der Waals surface area (Å²) in [7, 11) is -3.17. The summed E-state index contributed by atoms with van der Waals surface area (Å²) in [6.45, 7) is 14.5. The van der Waals surface area contributed by atoms with Crippen LogP contribution in [0.15, 0.2) is 102 Å². The molecule has 2 aliphatic rings. The van der Waals surface area contributed by atoms with Crippen molar-refractivity contribution in [3.05, 3.63) is 119 Å². The van der Waals surface area contributed by atoms with Crippen LogP contribution in [-0.2, 0) is 4.57 Å². The predicted octanol–water partition coefficient (Wildman–Crippen LogP) is 6.92. The first-order valence-electron chi connectivity index (χ1n) is 13.9. The molecule has 0 N–H and O–H groups in total. The molecular formula is C34H38N2OP+. The Bertz CT molecular complexity index is 1530. The normalized spacial score (nSPS) is 18.1. The Morgan fingerprint density at radius 3 is 2.13 bits per heavy atom. The van der Waals surface area contributed by atoms with Gasteiger partial charge in [-0.15, -0.1) is 0 Å². The summed E-state index contributed by atoms with van der Waals surface area (Å²) in [5.41, 5.74) is 7.98. The summed E-state index contributed by atoms with van der Waals surface area (Å²) in [6, 6.07) is 25.3. The summed E-state index contributed by atoms with van der Waals surface area (Å²) in [4.78, 5) is 2.34. The maximum atomic E-state index is 15.8. The molecule has 3 aromatic rings. The van der Waals surface area contributed by atoms with Crippen LogP contribution in [0.1, 0.15) is 44.4 Å². The summed E-state index contributed by atoms with van der Waals surface area (Å²) in [5, 5.41) is 2.77. The molecule has 3 aromatic carbocycles. The van der Waals surface area contributed by atoms with Crippen molar-refractivity contribution in [3.63, 3.8) is 0 Å². The molecule has 0 radical (unpaired) electrons. The Hall–Kier alpha value is -3.42. The van der Waals surface area contributed by atoms with Crippen molar-refractivity contribution < 1.29 is 9.14 Å². The van der Waals surface area contributed by atoms with Crippen LogP contribution in [0.4, 0.5) is 5.69 Å². The van der Waals surface area contributed by atoms with Gasteiger partial charge in [-0.3, -0.25) is 0 Å². The molecule has 0 amide bonds. The van der Waals surface area contributed by atoms with Crippen molar-refractivity contribution in [3.8, 4) is 0 Å². The molecule has 3 nitrogen and oxygen atoms in total. The molecule has 1 aliphatic carbocycles. The van der Waals surface area contributed by atoms with Crippen LogP contribution in [0.25, 0.3) is 5.57 Å². The first-order chi connectivity index (χ1) is 18.5. The van der Waals surface area contributed by atoms with Crippen molar-refractivity contribution in [2.75, 3.05) is 31.1 Å². The highest BCUT2D eigenvalue weighted by molar-refractivity contribution is 7.83. The molecule has 0 saturated carbocycles. The standard InChI is InChI=1S/C34H38N2OP/c1-6-35(7-2)26-19-21-30-32(23-26)38(37,28-16-11-10-12-17-28)33-24-27(36(8-3)9-4)20-22-31(33)34(30)29-18-14-13-15-25(29)5/h10-24H,6-9H2,1-5H3/q+1. The van der Waals surface area contributed by atoms with Gasteiger partial charge in [-0.25, -0.2) is 4.58 Å². The summed E-state index contributed by atoms with van der Waals surface area (Å²) < 4.78 is 18.1.